The third-order valence-electron chi connectivity index (χ3n) is 3.31. The van der Waals surface area contributed by atoms with Crippen LogP contribution in [0.25, 0.3) is 10.9 Å². The molecule has 0 radical (unpaired) electrons. The molecule has 1 aromatic heterocycles. The van der Waals surface area contributed by atoms with Gasteiger partial charge in [0, 0.05) is 29.7 Å². The molecule has 2 heterocycles. The highest BCUT2D eigenvalue weighted by Crippen LogP contribution is 2.32. The van der Waals surface area contributed by atoms with E-state index in [1.807, 2.05) is 52.0 Å². The van der Waals surface area contributed by atoms with Gasteiger partial charge in [-0.1, -0.05) is 45.9 Å². The van der Waals surface area contributed by atoms with Crippen LogP contribution < -0.4 is 5.32 Å². The fraction of sp³-hybridized carbons (Fsp3) is 0.471. The fourth-order valence-electron chi connectivity index (χ4n) is 2.54. The van der Waals surface area contributed by atoms with E-state index in [9.17, 15) is 4.79 Å². The lowest BCUT2D eigenvalue weighted by Gasteiger charge is -2.21. The fourth-order valence-corrected chi connectivity index (χ4v) is 2.54. The van der Waals surface area contributed by atoms with Crippen LogP contribution in [-0.4, -0.2) is 24.6 Å². The van der Waals surface area contributed by atoms with Crippen LogP contribution >= 0.6 is 0 Å². The minimum Gasteiger partial charge on any atom is -0.469 e. The summed E-state index contributed by atoms with van der Waals surface area (Å²) in [6.45, 7) is 9.42. The Morgan fingerprint density at radius 2 is 1.86 bits per heavy atom. The van der Waals surface area contributed by atoms with E-state index >= 15 is 0 Å². The van der Waals surface area contributed by atoms with E-state index in [1.165, 1.54) is 7.11 Å². The van der Waals surface area contributed by atoms with Gasteiger partial charge in [0.25, 0.3) is 0 Å². The molecule has 116 valence electrons. The molecule has 1 aliphatic rings. The standard InChI is InChI=1S/C13H14N2O2.2C2H6/c1-17-13(16)9-6-14-7-11-12(9)8-4-2-3-5-10(8)15-11;2*1-2/h2-5,9,14-15H,6-7H2,1H3;2*1-2H3. The summed E-state index contributed by atoms with van der Waals surface area (Å²) in [7, 11) is 1.44. The highest BCUT2D eigenvalue weighted by Gasteiger charge is 2.30. The van der Waals surface area contributed by atoms with E-state index in [1.54, 1.807) is 0 Å². The number of methoxy groups -OCH3 is 1. The second-order valence-electron chi connectivity index (χ2n) is 4.27. The largest absolute Gasteiger partial charge is 0.469 e. The predicted octanol–water partition coefficient (Wildman–Crippen LogP) is 3.58. The van der Waals surface area contributed by atoms with Gasteiger partial charge in [-0.15, -0.1) is 0 Å². The summed E-state index contributed by atoms with van der Waals surface area (Å²) in [5, 5.41) is 4.36. The Morgan fingerprint density at radius 1 is 1.19 bits per heavy atom. The maximum atomic E-state index is 11.8. The number of esters is 1. The van der Waals surface area contributed by atoms with Crippen molar-refractivity contribution in [3.05, 3.63) is 35.5 Å². The average molecular weight is 290 g/mol. The molecular weight excluding hydrogens is 264 g/mol. The Morgan fingerprint density at radius 3 is 2.52 bits per heavy atom. The maximum absolute atomic E-state index is 11.8. The quantitative estimate of drug-likeness (QED) is 0.789. The molecule has 2 N–H and O–H groups in total. The molecule has 4 heteroatoms. The maximum Gasteiger partial charge on any atom is 0.314 e. The van der Waals surface area contributed by atoms with Gasteiger partial charge < -0.3 is 15.0 Å². The van der Waals surface area contributed by atoms with Gasteiger partial charge >= 0.3 is 5.97 Å². The molecule has 2 aromatic rings. The Labute approximate surface area is 126 Å². The molecule has 0 amide bonds. The van der Waals surface area contributed by atoms with Crippen molar-refractivity contribution in [2.75, 3.05) is 13.7 Å². The number of rotatable bonds is 1. The Bertz CT molecular complexity index is 575. The van der Waals surface area contributed by atoms with Crippen molar-refractivity contribution in [1.82, 2.24) is 10.3 Å². The van der Waals surface area contributed by atoms with Crippen LogP contribution in [0.15, 0.2) is 24.3 Å². The van der Waals surface area contributed by atoms with Gasteiger partial charge in [0.15, 0.2) is 0 Å². The van der Waals surface area contributed by atoms with Crippen LogP contribution in [0.1, 0.15) is 44.9 Å². The number of carbonyl (C=O) groups is 1. The van der Waals surface area contributed by atoms with Gasteiger partial charge in [-0.3, -0.25) is 4.79 Å². The van der Waals surface area contributed by atoms with Gasteiger partial charge in [-0.25, -0.2) is 0 Å². The van der Waals surface area contributed by atoms with Crippen molar-refractivity contribution in [2.45, 2.75) is 40.2 Å². The van der Waals surface area contributed by atoms with Crippen molar-refractivity contribution >= 4 is 16.9 Å². The molecule has 1 atom stereocenters. The van der Waals surface area contributed by atoms with Crippen LogP contribution in [0.3, 0.4) is 0 Å². The summed E-state index contributed by atoms with van der Waals surface area (Å²) in [6, 6.07) is 8.06. The third-order valence-corrected chi connectivity index (χ3v) is 3.31. The SMILES string of the molecule is CC.CC.COC(=O)C1CNCc2[nH]c3ccccc3c21. The zero-order valence-corrected chi connectivity index (χ0v) is 13.6. The molecular formula is C17H26N2O2. The Balaban J connectivity index is 0.000000510. The molecule has 0 aliphatic carbocycles. The molecule has 0 saturated carbocycles. The molecule has 1 aromatic carbocycles. The summed E-state index contributed by atoms with van der Waals surface area (Å²) >= 11 is 0. The molecule has 4 nitrogen and oxygen atoms in total. The number of para-hydroxylation sites is 1. The van der Waals surface area contributed by atoms with Gasteiger partial charge in [-0.2, -0.15) is 0 Å². The third kappa shape index (κ3) is 3.45. The number of benzene rings is 1. The monoisotopic (exact) mass is 290 g/mol. The number of hydrogen-bond acceptors (Lipinski definition) is 3. The van der Waals surface area contributed by atoms with Gasteiger partial charge in [0.05, 0.1) is 13.0 Å². The average Bonchev–Trinajstić information content (AvgIpc) is 2.96. The summed E-state index contributed by atoms with van der Waals surface area (Å²) in [5.74, 6) is -0.386. The van der Waals surface area contributed by atoms with E-state index in [0.29, 0.717) is 6.54 Å². The highest BCUT2D eigenvalue weighted by atomic mass is 16.5. The normalized spacial score (nSPS) is 16.0. The molecule has 21 heavy (non-hydrogen) atoms. The lowest BCUT2D eigenvalue weighted by atomic mass is 9.93. The summed E-state index contributed by atoms with van der Waals surface area (Å²) in [6.07, 6.45) is 0. The number of hydrogen-bond donors (Lipinski definition) is 2. The van der Waals surface area contributed by atoms with Gasteiger partial charge in [0.1, 0.15) is 0 Å². The van der Waals surface area contributed by atoms with Crippen LogP contribution in [0.4, 0.5) is 0 Å². The highest BCUT2D eigenvalue weighted by molar-refractivity contribution is 5.91. The molecule has 1 aliphatic heterocycles. The lowest BCUT2D eigenvalue weighted by molar-refractivity contribution is -0.142. The van der Waals surface area contributed by atoms with E-state index in [-0.39, 0.29) is 11.9 Å². The first kappa shape index (κ1) is 17.2. The van der Waals surface area contributed by atoms with Crippen molar-refractivity contribution in [3.8, 4) is 0 Å². The second kappa shape index (κ2) is 8.47. The first-order valence-electron chi connectivity index (χ1n) is 7.69. The van der Waals surface area contributed by atoms with Gasteiger partial charge in [0.2, 0.25) is 0 Å². The number of aromatic amines is 1. The van der Waals surface area contributed by atoms with E-state index in [2.05, 4.69) is 10.3 Å². The minimum absolute atomic E-state index is 0.178. The van der Waals surface area contributed by atoms with Crippen LogP contribution in [-0.2, 0) is 16.1 Å². The molecule has 0 fully saturated rings. The summed E-state index contributed by atoms with van der Waals surface area (Å²) < 4.78 is 4.87. The van der Waals surface area contributed by atoms with Crippen molar-refractivity contribution < 1.29 is 9.53 Å². The minimum atomic E-state index is -0.208. The smallest absolute Gasteiger partial charge is 0.314 e. The first-order valence-corrected chi connectivity index (χ1v) is 7.69. The number of fused-ring (bicyclic) bond motifs is 3. The summed E-state index contributed by atoms with van der Waals surface area (Å²) in [4.78, 5) is 15.1. The summed E-state index contributed by atoms with van der Waals surface area (Å²) in [5.41, 5.74) is 3.26. The predicted molar refractivity (Wildman–Crippen MR) is 87.5 cm³/mol. The molecule has 3 rings (SSSR count). The Hall–Kier alpha value is -1.81. The molecule has 1 unspecified atom stereocenters. The molecule has 0 spiro atoms. The lowest BCUT2D eigenvalue weighted by Crippen LogP contribution is -2.32. The van der Waals surface area contributed by atoms with Crippen LogP contribution in [0, 0.1) is 0 Å². The van der Waals surface area contributed by atoms with Crippen molar-refractivity contribution in [1.29, 1.82) is 0 Å². The number of nitrogens with one attached hydrogen (secondary N) is 2. The molecule has 0 bridgehead atoms. The number of ether oxygens (including phenoxy) is 1. The van der Waals surface area contributed by atoms with E-state index < -0.39 is 0 Å². The van der Waals surface area contributed by atoms with E-state index in [0.717, 1.165) is 28.7 Å². The topological polar surface area (TPSA) is 54.1 Å². The number of aromatic nitrogens is 1. The number of carbonyl (C=O) groups excluding carboxylic acids is 1. The van der Waals surface area contributed by atoms with E-state index in [4.69, 9.17) is 4.74 Å². The number of H-pyrrole nitrogens is 1. The molecule has 0 saturated heterocycles. The zero-order valence-electron chi connectivity index (χ0n) is 13.6. The van der Waals surface area contributed by atoms with Crippen molar-refractivity contribution in [2.24, 2.45) is 0 Å². The van der Waals surface area contributed by atoms with Gasteiger partial charge in [-0.05, 0) is 11.6 Å². The van der Waals surface area contributed by atoms with Crippen LogP contribution in [0.2, 0.25) is 0 Å². The second-order valence-corrected chi connectivity index (χ2v) is 4.27. The first-order chi connectivity index (χ1) is 10.3. The zero-order chi connectivity index (χ0) is 15.8. The Kier molecular flexibility index (Phi) is 6.96. The van der Waals surface area contributed by atoms with Crippen molar-refractivity contribution in [3.63, 3.8) is 0 Å². The van der Waals surface area contributed by atoms with Crippen LogP contribution in [0.5, 0.6) is 0 Å².